The molecule has 0 aromatic carbocycles. The third kappa shape index (κ3) is 3.07. The molecule has 0 fully saturated rings. The van der Waals surface area contributed by atoms with Crippen molar-refractivity contribution in [3.8, 4) is 0 Å². The lowest BCUT2D eigenvalue weighted by Gasteiger charge is -2.21. The van der Waals surface area contributed by atoms with Crippen molar-refractivity contribution in [1.82, 2.24) is 10.3 Å². The molecular formula is C12H18N2O3S. The molecular weight excluding hydrogens is 252 g/mol. The van der Waals surface area contributed by atoms with Crippen LogP contribution in [0.2, 0.25) is 0 Å². The smallest absolute Gasteiger partial charge is 0.318 e. The molecule has 0 spiro atoms. The zero-order valence-corrected chi connectivity index (χ0v) is 11.8. The minimum absolute atomic E-state index is 0.276. The maximum absolute atomic E-state index is 11.9. The van der Waals surface area contributed by atoms with Gasteiger partial charge in [0.25, 0.3) is 0 Å². The molecule has 1 amide bonds. The number of thiazole rings is 1. The normalized spacial score (nSPS) is 13.1. The molecule has 18 heavy (non-hydrogen) atoms. The predicted octanol–water partition coefficient (Wildman–Crippen LogP) is 1.99. The van der Waals surface area contributed by atoms with Gasteiger partial charge in [-0.1, -0.05) is 6.92 Å². The van der Waals surface area contributed by atoms with Crippen molar-refractivity contribution in [2.24, 2.45) is 5.41 Å². The number of nitrogens with one attached hydrogen (secondary N) is 1. The van der Waals surface area contributed by atoms with E-state index in [4.69, 9.17) is 5.11 Å². The summed E-state index contributed by atoms with van der Waals surface area (Å²) in [5, 5.41) is 12.4. The molecule has 0 aliphatic carbocycles. The second-order valence-corrected chi connectivity index (χ2v) is 5.79. The first-order valence-electron chi connectivity index (χ1n) is 5.78. The van der Waals surface area contributed by atoms with E-state index in [0.717, 1.165) is 16.3 Å². The number of carboxylic acid groups (broad SMARTS) is 1. The summed E-state index contributed by atoms with van der Waals surface area (Å²) in [6, 6.07) is -0.276. The highest BCUT2D eigenvalue weighted by Crippen LogP contribution is 2.22. The summed E-state index contributed by atoms with van der Waals surface area (Å²) in [4.78, 5) is 28.2. The minimum atomic E-state index is -1.43. The van der Waals surface area contributed by atoms with Crippen LogP contribution in [0.5, 0.6) is 0 Å². The number of aryl methyl sites for hydroxylation is 1. The van der Waals surface area contributed by atoms with Crippen LogP contribution in [0.25, 0.3) is 0 Å². The Kier molecular flexibility index (Phi) is 4.45. The van der Waals surface area contributed by atoms with Crippen molar-refractivity contribution in [3.63, 3.8) is 0 Å². The van der Waals surface area contributed by atoms with E-state index in [9.17, 15) is 9.59 Å². The summed E-state index contributed by atoms with van der Waals surface area (Å²) < 4.78 is 0. The van der Waals surface area contributed by atoms with E-state index in [0.29, 0.717) is 0 Å². The maximum atomic E-state index is 11.9. The van der Waals surface area contributed by atoms with E-state index >= 15 is 0 Å². The fourth-order valence-corrected chi connectivity index (χ4v) is 2.08. The fourth-order valence-electron chi connectivity index (χ4n) is 1.22. The molecule has 1 heterocycles. The Hall–Kier alpha value is -1.43. The van der Waals surface area contributed by atoms with E-state index in [2.05, 4.69) is 10.3 Å². The van der Waals surface area contributed by atoms with Crippen LogP contribution < -0.4 is 5.32 Å². The van der Waals surface area contributed by atoms with Gasteiger partial charge in [-0.25, -0.2) is 4.98 Å². The molecule has 0 saturated carbocycles. The third-order valence-corrected chi connectivity index (χ3v) is 4.06. The Balaban J connectivity index is 2.73. The van der Waals surface area contributed by atoms with Gasteiger partial charge in [-0.05, 0) is 27.2 Å². The Labute approximate surface area is 110 Å². The molecule has 0 saturated heterocycles. The number of rotatable bonds is 5. The molecule has 0 radical (unpaired) electrons. The molecule has 0 aliphatic rings. The molecule has 6 heteroatoms. The first kappa shape index (κ1) is 14.6. The summed E-state index contributed by atoms with van der Waals surface area (Å²) >= 11 is 1.53. The molecule has 0 bridgehead atoms. The Morgan fingerprint density at radius 3 is 2.61 bits per heavy atom. The number of hydrogen-bond acceptors (Lipinski definition) is 4. The van der Waals surface area contributed by atoms with Gasteiger partial charge in [0.15, 0.2) is 0 Å². The number of aromatic nitrogens is 1. The van der Waals surface area contributed by atoms with Gasteiger partial charge in [0.2, 0.25) is 5.91 Å². The number of nitrogens with zero attached hydrogens (tertiary/aromatic N) is 1. The van der Waals surface area contributed by atoms with Gasteiger partial charge in [-0.3, -0.25) is 9.59 Å². The highest BCUT2D eigenvalue weighted by atomic mass is 32.1. The van der Waals surface area contributed by atoms with Crippen LogP contribution in [0, 0.1) is 5.41 Å². The van der Waals surface area contributed by atoms with Gasteiger partial charge >= 0.3 is 5.97 Å². The largest absolute Gasteiger partial charge is 0.480 e. The fraction of sp³-hybridized carbons (Fsp3) is 0.583. The highest BCUT2D eigenvalue weighted by molar-refractivity contribution is 7.11. The van der Waals surface area contributed by atoms with E-state index in [-0.39, 0.29) is 6.04 Å². The number of carbonyl (C=O) groups excluding carboxylic acids is 1. The van der Waals surface area contributed by atoms with E-state index in [1.54, 1.807) is 13.1 Å². The van der Waals surface area contributed by atoms with Gasteiger partial charge in [0, 0.05) is 11.1 Å². The molecule has 2 N–H and O–H groups in total. The standard InChI is InChI=1S/C12H18N2O3S/c1-5-8-6-13-9(18-8)7(2)14-10(15)12(3,4)11(16)17/h6-7H,5H2,1-4H3,(H,14,15)(H,16,17). The van der Waals surface area contributed by atoms with Crippen molar-refractivity contribution in [1.29, 1.82) is 0 Å². The van der Waals surface area contributed by atoms with Crippen molar-refractivity contribution >= 4 is 23.2 Å². The summed E-state index contributed by atoms with van der Waals surface area (Å²) in [5.41, 5.74) is -1.43. The van der Waals surface area contributed by atoms with Crippen LogP contribution in [0.3, 0.4) is 0 Å². The number of carbonyl (C=O) groups is 2. The predicted molar refractivity (Wildman–Crippen MR) is 69.5 cm³/mol. The van der Waals surface area contributed by atoms with Gasteiger partial charge in [0.1, 0.15) is 10.4 Å². The first-order valence-corrected chi connectivity index (χ1v) is 6.59. The summed E-state index contributed by atoms with van der Waals surface area (Å²) in [6.45, 7) is 6.61. The Morgan fingerprint density at radius 1 is 1.56 bits per heavy atom. The molecule has 100 valence electrons. The first-order chi connectivity index (χ1) is 8.28. The Bertz CT molecular complexity index is 454. The number of aliphatic carboxylic acids is 1. The average molecular weight is 270 g/mol. The number of hydrogen-bond donors (Lipinski definition) is 2. The zero-order valence-electron chi connectivity index (χ0n) is 11.0. The van der Waals surface area contributed by atoms with Gasteiger partial charge in [-0.2, -0.15) is 0 Å². The van der Waals surface area contributed by atoms with E-state index in [1.165, 1.54) is 25.2 Å². The van der Waals surface area contributed by atoms with E-state index < -0.39 is 17.3 Å². The van der Waals surface area contributed by atoms with Crippen LogP contribution in [0.1, 0.15) is 43.6 Å². The lowest BCUT2D eigenvalue weighted by atomic mass is 9.92. The van der Waals surface area contributed by atoms with Gasteiger partial charge < -0.3 is 10.4 Å². The molecule has 0 aliphatic heterocycles. The summed E-state index contributed by atoms with van der Waals surface area (Å²) in [6.07, 6.45) is 2.68. The minimum Gasteiger partial charge on any atom is -0.480 e. The molecule has 1 aromatic rings. The number of carboxylic acids is 1. The van der Waals surface area contributed by atoms with Gasteiger partial charge in [0.05, 0.1) is 6.04 Å². The monoisotopic (exact) mass is 270 g/mol. The SMILES string of the molecule is CCc1cnc(C(C)NC(=O)C(C)(C)C(=O)O)s1. The molecule has 1 aromatic heterocycles. The quantitative estimate of drug-likeness (QED) is 0.802. The lowest BCUT2D eigenvalue weighted by molar-refractivity contribution is -0.153. The van der Waals surface area contributed by atoms with Crippen LogP contribution >= 0.6 is 11.3 Å². The third-order valence-electron chi connectivity index (χ3n) is 2.74. The van der Waals surface area contributed by atoms with Crippen molar-refractivity contribution in [3.05, 3.63) is 16.1 Å². The Morgan fingerprint density at radius 2 is 2.17 bits per heavy atom. The average Bonchev–Trinajstić information content (AvgIpc) is 2.77. The second-order valence-electron chi connectivity index (χ2n) is 4.64. The highest BCUT2D eigenvalue weighted by Gasteiger charge is 2.36. The van der Waals surface area contributed by atoms with Gasteiger partial charge in [-0.15, -0.1) is 11.3 Å². The zero-order chi connectivity index (χ0) is 13.9. The molecule has 1 unspecified atom stereocenters. The van der Waals surface area contributed by atoms with Crippen LogP contribution in [0.15, 0.2) is 6.20 Å². The molecule has 1 rings (SSSR count). The summed E-state index contributed by atoms with van der Waals surface area (Å²) in [5.74, 6) is -1.64. The summed E-state index contributed by atoms with van der Waals surface area (Å²) in [7, 11) is 0. The van der Waals surface area contributed by atoms with Crippen LogP contribution in [0.4, 0.5) is 0 Å². The lowest BCUT2D eigenvalue weighted by Crippen LogP contribution is -2.43. The van der Waals surface area contributed by atoms with Crippen molar-refractivity contribution < 1.29 is 14.7 Å². The van der Waals surface area contributed by atoms with Crippen molar-refractivity contribution in [2.75, 3.05) is 0 Å². The topological polar surface area (TPSA) is 79.3 Å². The second kappa shape index (κ2) is 5.48. The van der Waals surface area contributed by atoms with E-state index in [1.807, 2.05) is 6.92 Å². The van der Waals surface area contributed by atoms with Crippen LogP contribution in [-0.2, 0) is 16.0 Å². The number of amides is 1. The maximum Gasteiger partial charge on any atom is 0.318 e. The molecule has 1 atom stereocenters. The van der Waals surface area contributed by atoms with Crippen LogP contribution in [-0.4, -0.2) is 22.0 Å². The molecule has 5 nitrogen and oxygen atoms in total. The van der Waals surface area contributed by atoms with Crippen molar-refractivity contribution in [2.45, 2.75) is 40.2 Å².